The van der Waals surface area contributed by atoms with Crippen LogP contribution < -0.4 is 5.32 Å². The molecule has 0 rings (SSSR count). The molecule has 0 aliphatic carbocycles. The first-order valence-electron chi connectivity index (χ1n) is 6.54. The highest BCUT2D eigenvalue weighted by Gasteiger charge is 2.18. The van der Waals surface area contributed by atoms with Crippen LogP contribution in [0.5, 0.6) is 0 Å². The van der Waals surface area contributed by atoms with Gasteiger partial charge in [-0.2, -0.15) is 0 Å². The normalized spacial score (nSPS) is 12.8. The Morgan fingerprint density at radius 1 is 1.18 bits per heavy atom. The van der Waals surface area contributed by atoms with E-state index in [1.165, 1.54) is 19.3 Å². The number of hydrogen-bond acceptors (Lipinski definition) is 3. The van der Waals surface area contributed by atoms with E-state index in [-0.39, 0.29) is 0 Å². The summed E-state index contributed by atoms with van der Waals surface area (Å²) >= 11 is 0. The van der Waals surface area contributed by atoms with Crippen LogP contribution in [0.15, 0.2) is 0 Å². The fourth-order valence-electron chi connectivity index (χ4n) is 1.28. The van der Waals surface area contributed by atoms with E-state index in [1.54, 1.807) is 0 Å². The summed E-state index contributed by atoms with van der Waals surface area (Å²) in [6.07, 6.45) is 4.33. The monoisotopic (exact) mass is 264 g/mol. The van der Waals surface area contributed by atoms with Crippen LogP contribution >= 0.6 is 8.03 Å². The van der Waals surface area contributed by atoms with E-state index < -0.39 is 8.03 Å². The maximum atomic E-state index is 11.5. The summed E-state index contributed by atoms with van der Waals surface area (Å²) in [6, 6.07) is 0. The molecule has 1 N–H and O–H groups in total. The number of rotatable bonds is 11. The molecule has 0 fully saturated rings. The number of hydrogen-bond donors (Lipinski definition) is 1. The minimum Gasteiger partial charge on any atom is -0.329 e. The van der Waals surface area contributed by atoms with Crippen molar-refractivity contribution in [2.45, 2.75) is 26.2 Å². The average molecular weight is 264 g/mol. The molecule has 0 heterocycles. The Morgan fingerprint density at radius 2 is 1.88 bits per heavy atom. The van der Waals surface area contributed by atoms with Crippen molar-refractivity contribution in [3.05, 3.63) is 0 Å². The molecule has 0 aromatic heterocycles. The van der Waals surface area contributed by atoms with Crippen molar-refractivity contribution in [3.63, 3.8) is 0 Å². The lowest BCUT2D eigenvalue weighted by atomic mass is 10.2. The van der Waals surface area contributed by atoms with Crippen molar-refractivity contribution in [2.24, 2.45) is 0 Å². The molecule has 0 saturated carbocycles. The zero-order valence-electron chi connectivity index (χ0n) is 11.9. The molecule has 0 radical (unpaired) electrons. The molecule has 0 amide bonds. The van der Waals surface area contributed by atoms with Crippen LogP contribution in [0, 0.1) is 0 Å². The standard InChI is InChI=1S/C12H29N2O2P/c1-5-6-7-8-13-9-12-17(15)16-11-10-14(2,3)4/h13H,5-12H2,1-4H3/q+2. The summed E-state index contributed by atoms with van der Waals surface area (Å²) in [7, 11) is 4.83. The Labute approximate surface area is 107 Å². The Morgan fingerprint density at radius 3 is 2.47 bits per heavy atom. The van der Waals surface area contributed by atoms with E-state index >= 15 is 0 Å². The molecule has 0 saturated heterocycles. The van der Waals surface area contributed by atoms with Gasteiger partial charge in [0.1, 0.15) is 6.54 Å². The maximum absolute atomic E-state index is 11.5. The highest BCUT2D eigenvalue weighted by molar-refractivity contribution is 7.39. The zero-order valence-corrected chi connectivity index (χ0v) is 12.8. The summed E-state index contributed by atoms with van der Waals surface area (Å²) in [5.41, 5.74) is 0. The molecule has 5 heteroatoms. The van der Waals surface area contributed by atoms with Gasteiger partial charge >= 0.3 is 8.03 Å². The second kappa shape index (κ2) is 9.95. The molecular weight excluding hydrogens is 235 g/mol. The van der Waals surface area contributed by atoms with Crippen LogP contribution in [-0.2, 0) is 9.09 Å². The van der Waals surface area contributed by atoms with Gasteiger partial charge in [0, 0.05) is 6.54 Å². The van der Waals surface area contributed by atoms with Crippen molar-refractivity contribution in [1.29, 1.82) is 0 Å². The number of unbranched alkanes of at least 4 members (excludes halogenated alkanes) is 2. The van der Waals surface area contributed by atoms with E-state index in [4.69, 9.17) is 4.52 Å². The highest BCUT2D eigenvalue weighted by Crippen LogP contribution is 2.20. The van der Waals surface area contributed by atoms with Crippen molar-refractivity contribution >= 4 is 8.03 Å². The molecule has 102 valence electrons. The Balaban J connectivity index is 3.29. The lowest BCUT2D eigenvalue weighted by molar-refractivity contribution is -0.870. The van der Waals surface area contributed by atoms with Crippen LogP contribution in [0.25, 0.3) is 0 Å². The topological polar surface area (TPSA) is 38.3 Å². The number of quaternary nitrogens is 1. The minimum atomic E-state index is -1.48. The van der Waals surface area contributed by atoms with Crippen LogP contribution in [0.4, 0.5) is 0 Å². The van der Waals surface area contributed by atoms with Gasteiger partial charge in [-0.1, -0.05) is 19.8 Å². The van der Waals surface area contributed by atoms with Gasteiger partial charge in [0.2, 0.25) is 0 Å². The van der Waals surface area contributed by atoms with E-state index in [0.29, 0.717) is 12.8 Å². The molecule has 0 aliphatic rings. The van der Waals surface area contributed by atoms with Crippen LogP contribution in [0.3, 0.4) is 0 Å². The van der Waals surface area contributed by atoms with Gasteiger partial charge in [-0.25, -0.2) is 0 Å². The van der Waals surface area contributed by atoms with E-state index in [1.807, 2.05) is 0 Å². The van der Waals surface area contributed by atoms with Gasteiger partial charge in [0.15, 0.2) is 12.8 Å². The molecule has 1 atom stereocenters. The summed E-state index contributed by atoms with van der Waals surface area (Å²) < 4.78 is 17.6. The largest absolute Gasteiger partial charge is 0.509 e. The number of nitrogens with one attached hydrogen (secondary N) is 1. The molecule has 17 heavy (non-hydrogen) atoms. The predicted molar refractivity (Wildman–Crippen MR) is 73.7 cm³/mol. The van der Waals surface area contributed by atoms with Crippen molar-refractivity contribution in [1.82, 2.24) is 5.32 Å². The van der Waals surface area contributed by atoms with Crippen LogP contribution in [0.2, 0.25) is 0 Å². The Hall–Kier alpha value is -0.0200. The molecule has 1 unspecified atom stereocenters. The van der Waals surface area contributed by atoms with Gasteiger partial charge in [-0.15, -0.1) is 4.52 Å². The molecule has 4 nitrogen and oxygen atoms in total. The Kier molecular flexibility index (Phi) is 9.94. The van der Waals surface area contributed by atoms with Gasteiger partial charge in [-0.3, -0.25) is 0 Å². The second-order valence-corrected chi connectivity index (χ2v) is 6.73. The summed E-state index contributed by atoms with van der Waals surface area (Å²) in [5, 5.41) is 3.29. The van der Waals surface area contributed by atoms with Crippen molar-refractivity contribution in [2.75, 3.05) is 53.5 Å². The fourth-order valence-corrected chi connectivity index (χ4v) is 2.03. The second-order valence-electron chi connectivity index (χ2n) is 5.36. The van der Waals surface area contributed by atoms with Gasteiger partial charge < -0.3 is 9.80 Å². The van der Waals surface area contributed by atoms with Gasteiger partial charge in [0.05, 0.1) is 21.1 Å². The average Bonchev–Trinajstić information content (AvgIpc) is 2.21. The third-order valence-electron chi connectivity index (χ3n) is 2.43. The first-order valence-corrected chi connectivity index (χ1v) is 7.90. The van der Waals surface area contributed by atoms with Crippen LogP contribution in [0.1, 0.15) is 26.2 Å². The molecule has 0 spiro atoms. The zero-order chi connectivity index (χ0) is 13.1. The predicted octanol–water partition coefficient (Wildman–Crippen LogP) is 2.23. The number of likely N-dealkylation sites (N-methyl/N-ethyl adjacent to an activating group) is 1. The molecule has 0 aliphatic heterocycles. The SMILES string of the molecule is CCCCCNCC[P+](=O)OCC[N+](C)(C)C. The Bertz CT molecular complexity index is 205. The summed E-state index contributed by atoms with van der Waals surface area (Å²) in [4.78, 5) is 0. The van der Waals surface area contributed by atoms with Crippen LogP contribution in [-0.4, -0.2) is 58.0 Å². The molecule has 0 aromatic rings. The van der Waals surface area contributed by atoms with Crippen molar-refractivity contribution < 1.29 is 13.6 Å². The summed E-state index contributed by atoms with van der Waals surface area (Å²) in [6.45, 7) is 5.48. The quantitative estimate of drug-likeness (QED) is 0.353. The third kappa shape index (κ3) is 13.9. The van der Waals surface area contributed by atoms with E-state index in [2.05, 4.69) is 33.4 Å². The van der Waals surface area contributed by atoms with E-state index in [9.17, 15) is 4.57 Å². The molecule has 0 bridgehead atoms. The fraction of sp³-hybridized carbons (Fsp3) is 1.00. The van der Waals surface area contributed by atoms with Crippen molar-refractivity contribution in [3.8, 4) is 0 Å². The van der Waals surface area contributed by atoms with Gasteiger partial charge in [-0.05, 0) is 17.5 Å². The lowest BCUT2D eigenvalue weighted by Crippen LogP contribution is -2.37. The maximum Gasteiger partial charge on any atom is 0.509 e. The smallest absolute Gasteiger partial charge is 0.329 e. The first-order chi connectivity index (χ1) is 7.95. The lowest BCUT2D eigenvalue weighted by Gasteiger charge is -2.21. The highest BCUT2D eigenvalue weighted by atomic mass is 31.1. The minimum absolute atomic E-state index is 0.578. The number of nitrogens with zero attached hydrogens (tertiary/aromatic N) is 1. The third-order valence-corrected chi connectivity index (χ3v) is 3.48. The molecule has 0 aromatic carbocycles. The summed E-state index contributed by atoms with van der Waals surface area (Å²) in [5.74, 6) is 0. The first kappa shape index (κ1) is 17.0. The van der Waals surface area contributed by atoms with Gasteiger partial charge in [0.25, 0.3) is 0 Å². The van der Waals surface area contributed by atoms with E-state index in [0.717, 1.165) is 24.1 Å². The molecular formula is C12H29N2O2P+2.